The number of ether oxygens (including phenoxy) is 1. The number of anilines is 2. The van der Waals surface area contributed by atoms with Gasteiger partial charge in [-0.3, -0.25) is 4.79 Å². The number of benzene rings is 1. The monoisotopic (exact) mass is 375 g/mol. The number of halogens is 1. The summed E-state index contributed by atoms with van der Waals surface area (Å²) in [6, 6.07) is 10.3. The zero-order valence-corrected chi connectivity index (χ0v) is 15.5. The first-order chi connectivity index (χ1) is 12.5. The van der Waals surface area contributed by atoms with Crippen LogP contribution in [-0.4, -0.2) is 29.5 Å². The Morgan fingerprint density at radius 3 is 2.69 bits per heavy atom. The third-order valence-electron chi connectivity index (χ3n) is 3.62. The molecule has 7 heteroatoms. The van der Waals surface area contributed by atoms with E-state index in [1.807, 2.05) is 12.1 Å². The number of esters is 1. The van der Waals surface area contributed by atoms with Gasteiger partial charge in [0, 0.05) is 18.4 Å². The maximum Gasteiger partial charge on any atom is 0.341 e. The van der Waals surface area contributed by atoms with Gasteiger partial charge in [0.15, 0.2) is 6.10 Å². The second kappa shape index (κ2) is 9.77. The summed E-state index contributed by atoms with van der Waals surface area (Å²) in [5, 5.41) is 6.27. The van der Waals surface area contributed by atoms with Gasteiger partial charge >= 0.3 is 5.97 Å². The van der Waals surface area contributed by atoms with Crippen LogP contribution in [0.4, 0.5) is 11.5 Å². The molecule has 1 heterocycles. The molecule has 2 N–H and O–H groups in total. The molecule has 6 nitrogen and oxygen atoms in total. The number of aromatic nitrogens is 1. The lowest BCUT2D eigenvalue weighted by Crippen LogP contribution is -2.30. The summed E-state index contributed by atoms with van der Waals surface area (Å²) in [5.41, 5.74) is 1.09. The van der Waals surface area contributed by atoms with Crippen molar-refractivity contribution in [1.82, 2.24) is 4.98 Å². The number of hydrogen-bond donors (Lipinski definition) is 2. The second-order valence-corrected chi connectivity index (χ2v) is 6.16. The summed E-state index contributed by atoms with van der Waals surface area (Å²) < 4.78 is 5.30. The number of amides is 1. The van der Waals surface area contributed by atoms with Crippen molar-refractivity contribution < 1.29 is 14.3 Å². The average Bonchev–Trinajstić information content (AvgIpc) is 2.64. The number of rotatable bonds is 8. The predicted octanol–water partition coefficient (Wildman–Crippen LogP) is 4.13. The molecule has 1 aromatic carbocycles. The van der Waals surface area contributed by atoms with Gasteiger partial charge < -0.3 is 15.4 Å². The van der Waals surface area contributed by atoms with Crippen molar-refractivity contribution in [2.75, 3.05) is 17.2 Å². The van der Waals surface area contributed by atoms with Crippen LogP contribution in [0.1, 0.15) is 37.0 Å². The Labute approximate surface area is 157 Å². The van der Waals surface area contributed by atoms with E-state index in [0.29, 0.717) is 22.1 Å². The van der Waals surface area contributed by atoms with Gasteiger partial charge in [-0.25, -0.2) is 9.78 Å². The highest BCUT2D eigenvalue weighted by Crippen LogP contribution is 2.17. The zero-order chi connectivity index (χ0) is 18.9. The van der Waals surface area contributed by atoms with Crippen LogP contribution >= 0.6 is 11.6 Å². The summed E-state index contributed by atoms with van der Waals surface area (Å²) in [4.78, 5) is 28.6. The number of nitrogens with one attached hydrogen (secondary N) is 2. The lowest BCUT2D eigenvalue weighted by molar-refractivity contribution is -0.123. The van der Waals surface area contributed by atoms with Crippen LogP contribution < -0.4 is 10.6 Å². The first-order valence-corrected chi connectivity index (χ1v) is 8.85. The standard InChI is InChI=1S/C19H22ClN3O3/c1-3-4-11-21-16-8-6-5-7-15(16)19(25)26-13(2)18(24)23-17-10-9-14(20)12-22-17/h5-10,12-13,21H,3-4,11H2,1-2H3,(H,22,23,24)/t13-/m0/s1. The number of unbranched alkanes of at least 4 members (excludes halogenated alkanes) is 1. The van der Waals surface area contributed by atoms with Crippen molar-refractivity contribution in [3.63, 3.8) is 0 Å². The molecule has 138 valence electrons. The van der Waals surface area contributed by atoms with Crippen LogP contribution in [0.25, 0.3) is 0 Å². The van der Waals surface area contributed by atoms with Gasteiger partial charge in [0.05, 0.1) is 10.6 Å². The van der Waals surface area contributed by atoms with Crippen molar-refractivity contribution in [1.29, 1.82) is 0 Å². The van der Waals surface area contributed by atoms with Crippen LogP contribution in [0.5, 0.6) is 0 Å². The molecule has 2 aromatic rings. The molecular weight excluding hydrogens is 354 g/mol. The van der Waals surface area contributed by atoms with E-state index in [1.54, 1.807) is 24.3 Å². The van der Waals surface area contributed by atoms with Gasteiger partial charge in [0.25, 0.3) is 5.91 Å². The highest BCUT2D eigenvalue weighted by molar-refractivity contribution is 6.30. The minimum atomic E-state index is -0.969. The van der Waals surface area contributed by atoms with Gasteiger partial charge in [-0.1, -0.05) is 37.1 Å². The van der Waals surface area contributed by atoms with Crippen molar-refractivity contribution in [2.24, 2.45) is 0 Å². The molecule has 0 saturated heterocycles. The van der Waals surface area contributed by atoms with Gasteiger partial charge in [0.2, 0.25) is 0 Å². The molecular formula is C19H22ClN3O3. The van der Waals surface area contributed by atoms with E-state index in [4.69, 9.17) is 16.3 Å². The van der Waals surface area contributed by atoms with Crippen LogP contribution in [-0.2, 0) is 9.53 Å². The SMILES string of the molecule is CCCCNc1ccccc1C(=O)O[C@@H](C)C(=O)Nc1ccc(Cl)cn1. The fraction of sp³-hybridized carbons (Fsp3) is 0.316. The third kappa shape index (κ3) is 5.74. The molecule has 26 heavy (non-hydrogen) atoms. The average molecular weight is 376 g/mol. The van der Waals surface area contributed by atoms with Crippen molar-refractivity contribution >= 4 is 35.0 Å². The van der Waals surface area contributed by atoms with Gasteiger partial charge in [-0.15, -0.1) is 0 Å². The summed E-state index contributed by atoms with van der Waals surface area (Å²) in [6.07, 6.45) is 2.50. The molecule has 0 fully saturated rings. The van der Waals surface area contributed by atoms with Crippen molar-refractivity contribution in [2.45, 2.75) is 32.8 Å². The van der Waals surface area contributed by atoms with E-state index < -0.39 is 18.0 Å². The molecule has 0 spiro atoms. The molecule has 0 saturated carbocycles. The molecule has 1 aromatic heterocycles. The summed E-state index contributed by atoms with van der Waals surface area (Å²) in [5.74, 6) is -0.690. The van der Waals surface area contributed by atoms with Gasteiger partial charge in [-0.2, -0.15) is 0 Å². The molecule has 0 aliphatic rings. The fourth-order valence-corrected chi connectivity index (χ4v) is 2.28. The largest absolute Gasteiger partial charge is 0.449 e. The maximum atomic E-state index is 12.4. The quantitative estimate of drug-likeness (QED) is 0.535. The summed E-state index contributed by atoms with van der Waals surface area (Å²) in [7, 11) is 0. The fourth-order valence-electron chi connectivity index (χ4n) is 2.17. The number of nitrogens with zero attached hydrogens (tertiary/aromatic N) is 1. The molecule has 0 aliphatic heterocycles. The Kier molecular flexibility index (Phi) is 7.41. The molecule has 1 amide bonds. The molecule has 0 unspecified atom stereocenters. The zero-order valence-electron chi connectivity index (χ0n) is 14.8. The third-order valence-corrected chi connectivity index (χ3v) is 3.85. The topological polar surface area (TPSA) is 80.3 Å². The van der Waals surface area contributed by atoms with E-state index >= 15 is 0 Å². The summed E-state index contributed by atoms with van der Waals surface area (Å²) in [6.45, 7) is 4.37. The van der Waals surface area contributed by atoms with Crippen LogP contribution in [0.15, 0.2) is 42.6 Å². The maximum absolute atomic E-state index is 12.4. The van der Waals surface area contributed by atoms with Gasteiger partial charge in [0.1, 0.15) is 5.82 Å². The Hall–Kier alpha value is -2.60. The smallest absolute Gasteiger partial charge is 0.341 e. The molecule has 0 bridgehead atoms. The van der Waals surface area contributed by atoms with E-state index in [-0.39, 0.29) is 0 Å². The van der Waals surface area contributed by atoms with Crippen molar-refractivity contribution in [3.05, 3.63) is 53.2 Å². The lowest BCUT2D eigenvalue weighted by atomic mass is 10.1. The highest BCUT2D eigenvalue weighted by Gasteiger charge is 2.21. The molecule has 0 radical (unpaired) electrons. The molecule has 0 aliphatic carbocycles. The Morgan fingerprint density at radius 1 is 1.23 bits per heavy atom. The van der Waals surface area contributed by atoms with Gasteiger partial charge in [-0.05, 0) is 37.6 Å². The highest BCUT2D eigenvalue weighted by atomic mass is 35.5. The van der Waals surface area contributed by atoms with E-state index in [2.05, 4.69) is 22.5 Å². The van der Waals surface area contributed by atoms with E-state index in [0.717, 1.165) is 19.4 Å². The minimum Gasteiger partial charge on any atom is -0.449 e. The van der Waals surface area contributed by atoms with E-state index in [9.17, 15) is 9.59 Å². The Balaban J connectivity index is 1.97. The number of carbonyl (C=O) groups is 2. The predicted molar refractivity (Wildman–Crippen MR) is 103 cm³/mol. The van der Waals surface area contributed by atoms with Crippen LogP contribution in [0.3, 0.4) is 0 Å². The number of hydrogen-bond acceptors (Lipinski definition) is 5. The van der Waals surface area contributed by atoms with E-state index in [1.165, 1.54) is 13.1 Å². The second-order valence-electron chi connectivity index (χ2n) is 5.72. The number of para-hydroxylation sites is 1. The number of carbonyl (C=O) groups excluding carboxylic acids is 2. The Morgan fingerprint density at radius 2 is 2.00 bits per heavy atom. The van der Waals surface area contributed by atoms with Crippen LogP contribution in [0.2, 0.25) is 5.02 Å². The summed E-state index contributed by atoms with van der Waals surface area (Å²) >= 11 is 5.76. The van der Waals surface area contributed by atoms with Crippen molar-refractivity contribution in [3.8, 4) is 0 Å². The molecule has 1 atom stereocenters. The lowest BCUT2D eigenvalue weighted by Gasteiger charge is -2.15. The minimum absolute atomic E-state index is 0.337. The number of pyridine rings is 1. The van der Waals surface area contributed by atoms with Crippen LogP contribution in [0, 0.1) is 0 Å². The Bertz CT molecular complexity index is 750. The normalized spacial score (nSPS) is 11.5. The first-order valence-electron chi connectivity index (χ1n) is 8.47. The molecule has 2 rings (SSSR count). The first kappa shape index (κ1) is 19.7.